The van der Waals surface area contributed by atoms with Crippen LogP contribution in [0.2, 0.25) is 0 Å². The van der Waals surface area contributed by atoms with Gasteiger partial charge in [0.25, 0.3) is 0 Å². The maximum Gasteiger partial charge on any atom is 0.225 e. The normalized spacial score (nSPS) is 17.6. The molecule has 1 aliphatic rings. The number of carbonyl (C=O) groups excluding carboxylic acids is 1. The third kappa shape index (κ3) is 3.46. The Bertz CT molecular complexity index is 717. The number of benzene rings is 1. The highest BCUT2D eigenvalue weighted by Gasteiger charge is 2.27. The number of hydrogen-bond acceptors (Lipinski definition) is 2. The van der Waals surface area contributed by atoms with Gasteiger partial charge in [-0.25, -0.2) is 4.39 Å². The molecule has 24 heavy (non-hydrogen) atoms. The van der Waals surface area contributed by atoms with Crippen LogP contribution in [0.15, 0.2) is 24.4 Å². The lowest BCUT2D eigenvalue weighted by Gasteiger charge is -2.33. The molecule has 0 saturated carbocycles. The van der Waals surface area contributed by atoms with Crippen LogP contribution in [0.1, 0.15) is 44.6 Å². The number of aliphatic hydroxyl groups excluding tert-OH is 1. The number of aromatic nitrogens is 1. The fourth-order valence-electron chi connectivity index (χ4n) is 3.44. The lowest BCUT2D eigenvalue weighted by Crippen LogP contribution is -2.39. The number of carbonyl (C=O) groups is 1. The van der Waals surface area contributed by atoms with Crippen molar-refractivity contribution >= 4 is 16.8 Å². The number of nitrogens with one attached hydrogen (secondary N) is 1. The van der Waals surface area contributed by atoms with Gasteiger partial charge in [0.15, 0.2) is 0 Å². The zero-order valence-electron chi connectivity index (χ0n) is 14.3. The van der Waals surface area contributed by atoms with Gasteiger partial charge in [0.1, 0.15) is 5.82 Å². The standard InChI is InChI=1S/C19H25FN2O2/c1-12(2)18(23)10-19(24)22-7-5-13(6-8-22)16-11-21-17-9-14(20)3-4-15(16)17/h3-4,9,11-13,18,21,23H,5-8,10H2,1-2H3. The van der Waals surface area contributed by atoms with Gasteiger partial charge in [-0.3, -0.25) is 4.79 Å². The molecule has 5 heteroatoms. The fourth-order valence-corrected chi connectivity index (χ4v) is 3.44. The Kier molecular flexibility index (Phi) is 4.90. The fraction of sp³-hybridized carbons (Fsp3) is 0.526. The van der Waals surface area contributed by atoms with E-state index < -0.39 is 6.10 Å². The molecule has 1 unspecified atom stereocenters. The number of hydrogen-bond donors (Lipinski definition) is 2. The van der Waals surface area contributed by atoms with E-state index in [1.165, 1.54) is 17.7 Å². The molecule has 1 aromatic carbocycles. The number of nitrogens with zero attached hydrogens (tertiary/aromatic N) is 1. The Morgan fingerprint density at radius 3 is 2.75 bits per heavy atom. The van der Waals surface area contributed by atoms with Crippen LogP contribution in [0.25, 0.3) is 10.9 Å². The van der Waals surface area contributed by atoms with Crippen LogP contribution in [0, 0.1) is 11.7 Å². The number of aromatic amines is 1. The quantitative estimate of drug-likeness (QED) is 0.901. The summed E-state index contributed by atoms with van der Waals surface area (Å²) in [5.41, 5.74) is 2.03. The van der Waals surface area contributed by atoms with Crippen molar-refractivity contribution in [2.24, 2.45) is 5.92 Å². The van der Waals surface area contributed by atoms with Crippen LogP contribution in [-0.2, 0) is 4.79 Å². The number of amides is 1. The lowest BCUT2D eigenvalue weighted by molar-refractivity contribution is -0.134. The SMILES string of the molecule is CC(C)C(O)CC(=O)N1CCC(c2c[nH]c3cc(F)ccc23)CC1. The summed E-state index contributed by atoms with van der Waals surface area (Å²) in [5, 5.41) is 11.0. The second kappa shape index (κ2) is 6.93. The molecule has 2 aromatic rings. The highest BCUT2D eigenvalue weighted by molar-refractivity contribution is 5.84. The third-order valence-corrected chi connectivity index (χ3v) is 5.12. The van der Waals surface area contributed by atoms with Crippen molar-refractivity contribution in [2.45, 2.75) is 45.1 Å². The summed E-state index contributed by atoms with van der Waals surface area (Å²) < 4.78 is 13.3. The van der Waals surface area contributed by atoms with Gasteiger partial charge in [-0.15, -0.1) is 0 Å². The maximum atomic E-state index is 13.3. The summed E-state index contributed by atoms with van der Waals surface area (Å²) in [5.74, 6) is 0.275. The first kappa shape index (κ1) is 17.0. The van der Waals surface area contributed by atoms with E-state index in [1.807, 2.05) is 31.0 Å². The third-order valence-electron chi connectivity index (χ3n) is 5.12. The van der Waals surface area contributed by atoms with Gasteiger partial charge in [0.2, 0.25) is 5.91 Å². The van der Waals surface area contributed by atoms with Crippen molar-refractivity contribution in [3.63, 3.8) is 0 Å². The van der Waals surface area contributed by atoms with E-state index in [0.29, 0.717) is 19.0 Å². The number of aliphatic hydroxyl groups is 1. The van der Waals surface area contributed by atoms with Crippen molar-refractivity contribution < 1.29 is 14.3 Å². The average molecular weight is 332 g/mol. The van der Waals surface area contributed by atoms with Gasteiger partial charge < -0.3 is 15.0 Å². The summed E-state index contributed by atoms with van der Waals surface area (Å²) in [6.07, 6.45) is 3.39. The highest BCUT2D eigenvalue weighted by atomic mass is 19.1. The number of rotatable bonds is 4. The van der Waals surface area contributed by atoms with E-state index in [2.05, 4.69) is 4.98 Å². The zero-order chi connectivity index (χ0) is 17.3. The Balaban J connectivity index is 1.63. The van der Waals surface area contributed by atoms with E-state index in [9.17, 15) is 14.3 Å². The Labute approximate surface area is 141 Å². The first-order valence-corrected chi connectivity index (χ1v) is 8.68. The highest BCUT2D eigenvalue weighted by Crippen LogP contribution is 2.33. The predicted molar refractivity (Wildman–Crippen MR) is 92.3 cm³/mol. The summed E-state index contributed by atoms with van der Waals surface area (Å²) in [6.45, 7) is 5.26. The minimum Gasteiger partial charge on any atom is -0.392 e. The largest absolute Gasteiger partial charge is 0.392 e. The minimum absolute atomic E-state index is 0.0376. The predicted octanol–water partition coefficient (Wildman–Crippen LogP) is 3.42. The monoisotopic (exact) mass is 332 g/mol. The van der Waals surface area contributed by atoms with Crippen LogP contribution in [-0.4, -0.2) is 40.1 Å². The molecule has 1 saturated heterocycles. The zero-order valence-corrected chi connectivity index (χ0v) is 14.3. The summed E-state index contributed by atoms with van der Waals surface area (Å²) in [6, 6.07) is 4.84. The topological polar surface area (TPSA) is 56.3 Å². The van der Waals surface area contributed by atoms with Crippen molar-refractivity contribution in [1.29, 1.82) is 0 Å². The minimum atomic E-state index is -0.571. The van der Waals surface area contributed by atoms with Crippen molar-refractivity contribution in [3.8, 4) is 0 Å². The van der Waals surface area contributed by atoms with Crippen LogP contribution in [0.3, 0.4) is 0 Å². The Morgan fingerprint density at radius 2 is 2.08 bits per heavy atom. The molecule has 0 spiro atoms. The molecule has 3 rings (SSSR count). The first-order valence-electron chi connectivity index (χ1n) is 8.68. The second-order valence-electron chi connectivity index (χ2n) is 7.10. The molecule has 0 bridgehead atoms. The first-order chi connectivity index (χ1) is 11.5. The van der Waals surface area contributed by atoms with Crippen molar-refractivity contribution in [3.05, 3.63) is 35.8 Å². The van der Waals surface area contributed by atoms with Gasteiger partial charge in [0.05, 0.1) is 12.5 Å². The summed E-state index contributed by atoms with van der Waals surface area (Å²) >= 11 is 0. The molecular formula is C19H25FN2O2. The number of likely N-dealkylation sites (tertiary alicyclic amines) is 1. The van der Waals surface area contributed by atoms with E-state index in [1.54, 1.807) is 0 Å². The van der Waals surface area contributed by atoms with Gasteiger partial charge in [-0.2, -0.15) is 0 Å². The van der Waals surface area contributed by atoms with Gasteiger partial charge in [0, 0.05) is 30.2 Å². The van der Waals surface area contributed by atoms with Crippen LogP contribution in [0.4, 0.5) is 4.39 Å². The van der Waals surface area contributed by atoms with E-state index in [4.69, 9.17) is 0 Å². The second-order valence-corrected chi connectivity index (χ2v) is 7.10. The van der Waals surface area contributed by atoms with Crippen molar-refractivity contribution in [2.75, 3.05) is 13.1 Å². The number of halogens is 1. The molecule has 1 atom stereocenters. The van der Waals surface area contributed by atoms with Crippen LogP contribution in [0.5, 0.6) is 0 Å². The molecular weight excluding hydrogens is 307 g/mol. The smallest absolute Gasteiger partial charge is 0.225 e. The molecule has 130 valence electrons. The molecule has 0 aliphatic carbocycles. The molecule has 4 nitrogen and oxygen atoms in total. The molecule has 1 aliphatic heterocycles. The van der Waals surface area contributed by atoms with Crippen molar-refractivity contribution in [1.82, 2.24) is 9.88 Å². The number of fused-ring (bicyclic) bond motifs is 1. The average Bonchev–Trinajstić information content (AvgIpc) is 2.97. The van der Waals surface area contributed by atoms with Crippen LogP contribution >= 0.6 is 0 Å². The Morgan fingerprint density at radius 1 is 1.38 bits per heavy atom. The molecule has 1 aromatic heterocycles. The van der Waals surface area contributed by atoms with Gasteiger partial charge in [-0.05, 0) is 48.4 Å². The molecule has 1 fully saturated rings. The summed E-state index contributed by atoms with van der Waals surface area (Å²) in [7, 11) is 0. The lowest BCUT2D eigenvalue weighted by atomic mass is 9.89. The van der Waals surface area contributed by atoms with Gasteiger partial charge in [-0.1, -0.05) is 13.8 Å². The van der Waals surface area contributed by atoms with Crippen LogP contribution < -0.4 is 0 Å². The van der Waals surface area contributed by atoms with E-state index in [-0.39, 0.29) is 24.1 Å². The molecule has 2 N–H and O–H groups in total. The maximum absolute atomic E-state index is 13.3. The van der Waals surface area contributed by atoms with E-state index in [0.717, 1.165) is 23.7 Å². The number of piperidine rings is 1. The molecule has 1 amide bonds. The van der Waals surface area contributed by atoms with Gasteiger partial charge >= 0.3 is 0 Å². The van der Waals surface area contributed by atoms with E-state index >= 15 is 0 Å². The molecule has 2 heterocycles. The molecule has 0 radical (unpaired) electrons. The summed E-state index contributed by atoms with van der Waals surface area (Å²) in [4.78, 5) is 17.3. The Hall–Kier alpha value is -1.88. The number of H-pyrrole nitrogens is 1.